The van der Waals surface area contributed by atoms with Gasteiger partial charge in [-0.2, -0.15) is 13.2 Å². The van der Waals surface area contributed by atoms with E-state index in [0.717, 1.165) is 23.9 Å². The summed E-state index contributed by atoms with van der Waals surface area (Å²) >= 11 is 0. The molecule has 0 saturated heterocycles. The standard InChI is InChI=1S/C28H28F3N3O6/c1-5-39-27(38)33-15-18-12-22(28(29,30)31)24(32-14-18)40-20-10-11-23(21(13-20)26(36)37)34(16(2)3)25(35)19-8-6-17(4)7-9-19/h6-14,16H,5,15H2,1-4H3,(H,33,38)(H,36,37). The third kappa shape index (κ3) is 7.28. The molecule has 0 unspecified atom stereocenters. The van der Waals surface area contributed by atoms with E-state index in [1.54, 1.807) is 45.0 Å². The summed E-state index contributed by atoms with van der Waals surface area (Å²) in [5.41, 5.74) is -0.213. The van der Waals surface area contributed by atoms with Crippen LogP contribution in [0.1, 0.15) is 58.2 Å². The number of carbonyl (C=O) groups is 3. The summed E-state index contributed by atoms with van der Waals surface area (Å²) in [4.78, 5) is 42.0. The number of pyridine rings is 1. The zero-order chi connectivity index (χ0) is 29.6. The molecule has 3 rings (SSSR count). The average molecular weight is 560 g/mol. The van der Waals surface area contributed by atoms with Gasteiger partial charge in [0.2, 0.25) is 5.88 Å². The van der Waals surface area contributed by atoms with Gasteiger partial charge in [0.25, 0.3) is 5.91 Å². The molecule has 0 spiro atoms. The van der Waals surface area contributed by atoms with Crippen LogP contribution in [0.4, 0.5) is 23.7 Å². The Kier molecular flexibility index (Phi) is 9.35. The summed E-state index contributed by atoms with van der Waals surface area (Å²) in [6.07, 6.45) is -4.58. The van der Waals surface area contributed by atoms with Gasteiger partial charge in [-0.25, -0.2) is 14.6 Å². The Hall–Kier alpha value is -4.61. The van der Waals surface area contributed by atoms with E-state index in [1.807, 2.05) is 6.92 Å². The van der Waals surface area contributed by atoms with Crippen molar-refractivity contribution in [1.29, 1.82) is 0 Å². The molecule has 1 heterocycles. The Labute approximate surface area is 228 Å². The van der Waals surface area contributed by atoms with Crippen molar-refractivity contribution < 1.29 is 42.1 Å². The fourth-order valence-corrected chi connectivity index (χ4v) is 3.76. The first-order valence-electron chi connectivity index (χ1n) is 12.2. The first kappa shape index (κ1) is 29.9. The smallest absolute Gasteiger partial charge is 0.421 e. The Morgan fingerprint density at radius 3 is 2.33 bits per heavy atom. The van der Waals surface area contributed by atoms with Crippen LogP contribution in [0, 0.1) is 6.92 Å². The third-order valence-electron chi connectivity index (χ3n) is 5.63. The molecule has 0 aliphatic rings. The van der Waals surface area contributed by atoms with Gasteiger partial charge in [0, 0.05) is 24.3 Å². The van der Waals surface area contributed by atoms with E-state index in [4.69, 9.17) is 9.47 Å². The van der Waals surface area contributed by atoms with Crippen molar-refractivity contribution in [3.63, 3.8) is 0 Å². The maximum atomic E-state index is 13.8. The lowest BCUT2D eigenvalue weighted by Gasteiger charge is -2.28. The Morgan fingerprint density at radius 2 is 1.75 bits per heavy atom. The summed E-state index contributed by atoms with van der Waals surface area (Å²) in [5.74, 6) is -2.90. The molecule has 2 amide bonds. The number of rotatable bonds is 9. The summed E-state index contributed by atoms with van der Waals surface area (Å²) in [7, 11) is 0. The molecule has 0 aliphatic carbocycles. The van der Waals surface area contributed by atoms with Gasteiger partial charge in [0.1, 0.15) is 11.3 Å². The van der Waals surface area contributed by atoms with E-state index in [2.05, 4.69) is 10.3 Å². The fraction of sp³-hybridized carbons (Fsp3) is 0.286. The van der Waals surface area contributed by atoms with Crippen LogP contribution in [-0.4, -0.2) is 40.7 Å². The molecule has 1 aromatic heterocycles. The second kappa shape index (κ2) is 12.5. The number of hydrogen-bond donors (Lipinski definition) is 2. The molecular formula is C28H28F3N3O6. The summed E-state index contributed by atoms with van der Waals surface area (Å²) < 4.78 is 51.5. The van der Waals surface area contributed by atoms with E-state index in [9.17, 15) is 32.7 Å². The Balaban J connectivity index is 1.96. The lowest BCUT2D eigenvalue weighted by molar-refractivity contribution is -0.138. The van der Waals surface area contributed by atoms with E-state index in [-0.39, 0.29) is 35.7 Å². The van der Waals surface area contributed by atoms with Gasteiger partial charge in [-0.1, -0.05) is 17.7 Å². The maximum absolute atomic E-state index is 13.8. The largest absolute Gasteiger partial charge is 0.478 e. The minimum Gasteiger partial charge on any atom is -0.478 e. The number of halogens is 3. The van der Waals surface area contributed by atoms with Crippen molar-refractivity contribution >= 4 is 23.7 Å². The molecule has 212 valence electrons. The van der Waals surface area contributed by atoms with Gasteiger partial charge < -0.3 is 24.8 Å². The maximum Gasteiger partial charge on any atom is 0.421 e. The number of aromatic nitrogens is 1. The Bertz CT molecular complexity index is 1390. The number of amides is 2. The van der Waals surface area contributed by atoms with Gasteiger partial charge in [-0.05, 0) is 69.7 Å². The molecule has 2 N–H and O–H groups in total. The lowest BCUT2D eigenvalue weighted by Crippen LogP contribution is -2.38. The van der Waals surface area contributed by atoms with Crippen molar-refractivity contribution in [2.75, 3.05) is 11.5 Å². The molecule has 0 atom stereocenters. The van der Waals surface area contributed by atoms with Crippen molar-refractivity contribution in [3.8, 4) is 11.6 Å². The van der Waals surface area contributed by atoms with Crippen LogP contribution in [0.5, 0.6) is 11.6 Å². The van der Waals surface area contributed by atoms with E-state index in [1.165, 1.54) is 17.0 Å². The molecule has 3 aromatic rings. The van der Waals surface area contributed by atoms with Crippen molar-refractivity contribution in [3.05, 3.63) is 82.5 Å². The number of alkyl carbamates (subject to hydrolysis) is 1. The number of nitrogens with zero attached hydrogens (tertiary/aromatic N) is 2. The first-order valence-corrected chi connectivity index (χ1v) is 12.2. The summed E-state index contributed by atoms with van der Waals surface area (Å²) in [6, 6.07) is 10.7. The van der Waals surface area contributed by atoms with Gasteiger partial charge in [-0.3, -0.25) is 4.79 Å². The molecule has 0 saturated carbocycles. The topological polar surface area (TPSA) is 118 Å². The number of aryl methyl sites for hydroxylation is 1. The van der Waals surface area contributed by atoms with E-state index >= 15 is 0 Å². The highest BCUT2D eigenvalue weighted by atomic mass is 19.4. The molecule has 40 heavy (non-hydrogen) atoms. The van der Waals surface area contributed by atoms with Crippen LogP contribution >= 0.6 is 0 Å². The van der Waals surface area contributed by atoms with Crippen LogP contribution in [-0.2, 0) is 17.5 Å². The second-order valence-corrected chi connectivity index (χ2v) is 8.99. The number of ether oxygens (including phenoxy) is 2. The van der Waals surface area contributed by atoms with Crippen LogP contribution in [0.15, 0.2) is 54.7 Å². The van der Waals surface area contributed by atoms with Gasteiger partial charge >= 0.3 is 18.2 Å². The van der Waals surface area contributed by atoms with Crippen LogP contribution in [0.3, 0.4) is 0 Å². The first-order chi connectivity index (χ1) is 18.8. The normalized spacial score (nSPS) is 11.2. The number of benzene rings is 2. The van der Waals surface area contributed by atoms with E-state index < -0.39 is 41.6 Å². The van der Waals surface area contributed by atoms with Crippen LogP contribution in [0.2, 0.25) is 0 Å². The number of carbonyl (C=O) groups excluding carboxylic acids is 2. The number of nitrogens with one attached hydrogen (secondary N) is 1. The minimum absolute atomic E-state index is 0.0384. The predicted octanol–water partition coefficient (Wildman–Crippen LogP) is 6.20. The number of hydrogen-bond acceptors (Lipinski definition) is 6. The van der Waals surface area contributed by atoms with Gasteiger partial charge in [-0.15, -0.1) is 0 Å². The number of carboxylic acids is 1. The van der Waals surface area contributed by atoms with Crippen molar-refractivity contribution in [2.24, 2.45) is 0 Å². The Morgan fingerprint density at radius 1 is 1.07 bits per heavy atom. The molecule has 0 radical (unpaired) electrons. The highest BCUT2D eigenvalue weighted by molar-refractivity contribution is 6.09. The van der Waals surface area contributed by atoms with Gasteiger partial charge in [0.05, 0.1) is 17.9 Å². The summed E-state index contributed by atoms with van der Waals surface area (Å²) in [6.45, 7) is 6.69. The molecule has 12 heteroatoms. The minimum atomic E-state index is -4.87. The average Bonchev–Trinajstić information content (AvgIpc) is 2.88. The van der Waals surface area contributed by atoms with Crippen molar-refractivity contribution in [2.45, 2.75) is 46.5 Å². The highest BCUT2D eigenvalue weighted by Crippen LogP contribution is 2.38. The number of aromatic carboxylic acids is 1. The van der Waals surface area contributed by atoms with E-state index in [0.29, 0.717) is 5.56 Å². The number of carboxylic acid groups (broad SMARTS) is 1. The van der Waals surface area contributed by atoms with Crippen LogP contribution in [0.25, 0.3) is 0 Å². The third-order valence-corrected chi connectivity index (χ3v) is 5.63. The molecular weight excluding hydrogens is 531 g/mol. The molecule has 2 aromatic carbocycles. The van der Waals surface area contributed by atoms with Crippen molar-refractivity contribution in [1.82, 2.24) is 10.3 Å². The number of anilines is 1. The zero-order valence-electron chi connectivity index (χ0n) is 22.2. The molecule has 0 fully saturated rings. The summed E-state index contributed by atoms with van der Waals surface area (Å²) in [5, 5.41) is 12.2. The highest BCUT2D eigenvalue weighted by Gasteiger charge is 2.36. The van der Waals surface area contributed by atoms with Gasteiger partial charge in [0.15, 0.2) is 0 Å². The monoisotopic (exact) mass is 559 g/mol. The fourth-order valence-electron chi connectivity index (χ4n) is 3.76. The quantitative estimate of drug-likeness (QED) is 0.320. The molecule has 9 nitrogen and oxygen atoms in total. The lowest BCUT2D eigenvalue weighted by atomic mass is 10.1. The predicted molar refractivity (Wildman–Crippen MR) is 140 cm³/mol. The SMILES string of the molecule is CCOC(=O)NCc1cnc(Oc2ccc(N(C(=O)c3ccc(C)cc3)C(C)C)c(C(=O)O)c2)c(C(F)(F)F)c1. The number of alkyl halides is 3. The zero-order valence-corrected chi connectivity index (χ0v) is 22.2. The molecule has 0 bridgehead atoms. The molecule has 0 aliphatic heterocycles. The second-order valence-electron chi connectivity index (χ2n) is 8.99. The van der Waals surface area contributed by atoms with Crippen LogP contribution < -0.4 is 15.0 Å².